The number of hydrogen-bond donors (Lipinski definition) is 1. The van der Waals surface area contributed by atoms with E-state index in [1.807, 2.05) is 0 Å². The molecule has 2 aromatic rings. The molecule has 1 heterocycles. The molecular weight excluding hydrogens is 249 g/mol. The number of rotatable bonds is 2. The van der Waals surface area contributed by atoms with Gasteiger partial charge in [-0.05, 0) is 36.4 Å². The van der Waals surface area contributed by atoms with E-state index in [4.69, 9.17) is 33.0 Å². The molecule has 0 saturated heterocycles. The van der Waals surface area contributed by atoms with Gasteiger partial charge >= 0.3 is 0 Å². The van der Waals surface area contributed by atoms with Gasteiger partial charge in [0.2, 0.25) is 5.88 Å². The number of hydrogen-bond acceptors (Lipinski definition) is 3. The molecule has 0 aliphatic heterocycles. The molecule has 82 valence electrons. The Morgan fingerprint density at radius 2 is 1.69 bits per heavy atom. The summed E-state index contributed by atoms with van der Waals surface area (Å²) in [6.45, 7) is 0. The van der Waals surface area contributed by atoms with Gasteiger partial charge in [0, 0.05) is 0 Å². The van der Waals surface area contributed by atoms with Gasteiger partial charge in [0.05, 0.1) is 0 Å². The van der Waals surface area contributed by atoms with E-state index < -0.39 is 0 Å². The molecule has 0 saturated carbocycles. The maximum atomic E-state index is 9.10. The van der Waals surface area contributed by atoms with Crippen molar-refractivity contribution in [2.75, 3.05) is 0 Å². The van der Waals surface area contributed by atoms with Gasteiger partial charge in [0.1, 0.15) is 21.7 Å². The lowest BCUT2D eigenvalue weighted by molar-refractivity contribution is 0.454. The number of benzene rings is 1. The van der Waals surface area contributed by atoms with Crippen LogP contribution in [0, 0.1) is 0 Å². The third-order valence-corrected chi connectivity index (χ3v) is 2.33. The predicted octanol–water partition coefficient (Wildman–Crippen LogP) is 3.89. The fourth-order valence-electron chi connectivity index (χ4n) is 1.10. The molecule has 0 amide bonds. The highest BCUT2D eigenvalue weighted by molar-refractivity contribution is 6.33. The summed E-state index contributed by atoms with van der Waals surface area (Å²) in [6, 6.07) is 9.41. The van der Waals surface area contributed by atoms with E-state index in [1.54, 1.807) is 24.3 Å². The van der Waals surface area contributed by atoms with Crippen molar-refractivity contribution >= 4 is 23.2 Å². The zero-order chi connectivity index (χ0) is 11.5. The van der Waals surface area contributed by atoms with Crippen LogP contribution in [0.4, 0.5) is 0 Å². The van der Waals surface area contributed by atoms with Crippen molar-refractivity contribution in [1.29, 1.82) is 0 Å². The summed E-state index contributed by atoms with van der Waals surface area (Å²) in [7, 11) is 0. The van der Waals surface area contributed by atoms with Crippen LogP contribution in [0.3, 0.4) is 0 Å². The van der Waals surface area contributed by atoms with Crippen molar-refractivity contribution in [3.63, 3.8) is 0 Å². The van der Waals surface area contributed by atoms with Gasteiger partial charge in [-0.2, -0.15) is 4.98 Å². The standard InChI is InChI=1S/C11H7Cl2NO2/c12-9-5-6-10(13)14-11(9)16-8-3-1-7(15)2-4-8/h1-6,15H. The highest BCUT2D eigenvalue weighted by Crippen LogP contribution is 2.29. The zero-order valence-electron chi connectivity index (χ0n) is 8.02. The molecule has 3 nitrogen and oxygen atoms in total. The molecule has 0 aliphatic carbocycles. The van der Waals surface area contributed by atoms with Crippen molar-refractivity contribution in [2.45, 2.75) is 0 Å². The van der Waals surface area contributed by atoms with Crippen molar-refractivity contribution in [2.24, 2.45) is 0 Å². The average Bonchev–Trinajstić information content (AvgIpc) is 2.27. The number of halogens is 2. The fraction of sp³-hybridized carbons (Fsp3) is 0. The minimum atomic E-state index is 0.164. The normalized spacial score (nSPS) is 10.1. The summed E-state index contributed by atoms with van der Waals surface area (Å²) in [5, 5.41) is 9.78. The van der Waals surface area contributed by atoms with Crippen molar-refractivity contribution in [1.82, 2.24) is 4.98 Å². The molecule has 2 rings (SSSR count). The van der Waals surface area contributed by atoms with Crippen molar-refractivity contribution < 1.29 is 9.84 Å². The number of phenolic OH excluding ortho intramolecular Hbond substituents is 1. The Hall–Kier alpha value is -1.45. The second-order valence-corrected chi connectivity index (χ2v) is 3.81. The third kappa shape index (κ3) is 2.56. The first-order valence-corrected chi connectivity index (χ1v) is 5.20. The number of aromatic hydroxyl groups is 1. The molecule has 0 fully saturated rings. The number of pyridine rings is 1. The van der Waals surface area contributed by atoms with Gasteiger partial charge in [0.25, 0.3) is 0 Å². The molecule has 0 radical (unpaired) electrons. The molecule has 5 heteroatoms. The maximum absolute atomic E-state index is 9.10. The first-order chi connectivity index (χ1) is 7.65. The summed E-state index contributed by atoms with van der Waals surface area (Å²) >= 11 is 11.6. The second kappa shape index (κ2) is 4.60. The lowest BCUT2D eigenvalue weighted by atomic mass is 10.3. The van der Waals surface area contributed by atoms with E-state index in [2.05, 4.69) is 4.98 Å². The van der Waals surface area contributed by atoms with E-state index in [1.165, 1.54) is 12.1 Å². The Bertz CT molecular complexity index is 500. The lowest BCUT2D eigenvalue weighted by Gasteiger charge is -2.06. The van der Waals surface area contributed by atoms with E-state index in [-0.39, 0.29) is 11.6 Å². The molecular formula is C11H7Cl2NO2. The minimum absolute atomic E-state index is 0.164. The largest absolute Gasteiger partial charge is 0.508 e. The number of ether oxygens (including phenoxy) is 1. The molecule has 0 spiro atoms. The quantitative estimate of drug-likeness (QED) is 0.829. The number of phenols is 1. The van der Waals surface area contributed by atoms with Gasteiger partial charge in [-0.3, -0.25) is 0 Å². The van der Waals surface area contributed by atoms with Gasteiger partial charge in [-0.1, -0.05) is 23.2 Å². The van der Waals surface area contributed by atoms with Crippen molar-refractivity contribution in [3.05, 3.63) is 46.6 Å². The Labute approximate surface area is 102 Å². The maximum Gasteiger partial charge on any atom is 0.239 e. The van der Waals surface area contributed by atoms with Crippen LogP contribution in [0.1, 0.15) is 0 Å². The SMILES string of the molecule is Oc1ccc(Oc2nc(Cl)ccc2Cl)cc1. The zero-order valence-corrected chi connectivity index (χ0v) is 9.53. The Balaban J connectivity index is 2.26. The molecule has 0 atom stereocenters. The predicted molar refractivity (Wildman–Crippen MR) is 62.4 cm³/mol. The molecule has 16 heavy (non-hydrogen) atoms. The van der Waals surface area contributed by atoms with Crippen LogP contribution < -0.4 is 4.74 Å². The van der Waals surface area contributed by atoms with E-state index in [0.29, 0.717) is 15.9 Å². The van der Waals surface area contributed by atoms with Gasteiger partial charge < -0.3 is 9.84 Å². The fourth-order valence-corrected chi connectivity index (χ4v) is 1.38. The van der Waals surface area contributed by atoms with E-state index in [0.717, 1.165) is 0 Å². The summed E-state index contributed by atoms with van der Waals surface area (Å²) in [4.78, 5) is 3.94. The molecule has 0 bridgehead atoms. The molecule has 0 unspecified atom stereocenters. The van der Waals surface area contributed by atoms with Crippen LogP contribution in [0.2, 0.25) is 10.2 Å². The smallest absolute Gasteiger partial charge is 0.239 e. The highest BCUT2D eigenvalue weighted by Gasteiger charge is 2.05. The molecule has 0 aliphatic rings. The summed E-state index contributed by atoms with van der Waals surface area (Å²) < 4.78 is 5.41. The number of nitrogens with zero attached hydrogens (tertiary/aromatic N) is 1. The molecule has 1 N–H and O–H groups in total. The van der Waals surface area contributed by atoms with Crippen molar-refractivity contribution in [3.8, 4) is 17.4 Å². The average molecular weight is 256 g/mol. The van der Waals surface area contributed by atoms with Gasteiger partial charge in [0.15, 0.2) is 0 Å². The third-order valence-electron chi connectivity index (χ3n) is 1.83. The Morgan fingerprint density at radius 3 is 2.38 bits per heavy atom. The van der Waals surface area contributed by atoms with Crippen LogP contribution in [-0.4, -0.2) is 10.1 Å². The first-order valence-electron chi connectivity index (χ1n) is 4.44. The van der Waals surface area contributed by atoms with Crippen LogP contribution in [0.25, 0.3) is 0 Å². The lowest BCUT2D eigenvalue weighted by Crippen LogP contribution is -1.88. The summed E-state index contributed by atoms with van der Waals surface area (Å²) in [6.07, 6.45) is 0. The second-order valence-electron chi connectivity index (χ2n) is 3.02. The monoisotopic (exact) mass is 255 g/mol. The highest BCUT2D eigenvalue weighted by atomic mass is 35.5. The van der Waals surface area contributed by atoms with E-state index >= 15 is 0 Å². The van der Waals surface area contributed by atoms with Crippen LogP contribution >= 0.6 is 23.2 Å². The van der Waals surface area contributed by atoms with Gasteiger partial charge in [-0.15, -0.1) is 0 Å². The topological polar surface area (TPSA) is 42.4 Å². The first kappa shape index (κ1) is 11.0. The number of aromatic nitrogens is 1. The van der Waals surface area contributed by atoms with Crippen LogP contribution in [0.5, 0.6) is 17.4 Å². The van der Waals surface area contributed by atoms with Crippen LogP contribution in [-0.2, 0) is 0 Å². The minimum Gasteiger partial charge on any atom is -0.508 e. The van der Waals surface area contributed by atoms with E-state index in [9.17, 15) is 0 Å². The molecule has 1 aromatic heterocycles. The summed E-state index contributed by atoms with van der Waals surface area (Å²) in [5.74, 6) is 0.923. The van der Waals surface area contributed by atoms with Gasteiger partial charge in [-0.25, -0.2) is 0 Å². The Morgan fingerprint density at radius 1 is 1.00 bits per heavy atom. The Kier molecular flexibility index (Phi) is 3.17. The molecule has 1 aromatic carbocycles. The van der Waals surface area contributed by atoms with Crippen LogP contribution in [0.15, 0.2) is 36.4 Å². The summed E-state index contributed by atoms with van der Waals surface area (Å²) in [5.41, 5.74) is 0.